The van der Waals surface area contributed by atoms with Crippen molar-refractivity contribution in [3.8, 4) is 0 Å². The van der Waals surface area contributed by atoms with Crippen LogP contribution in [0.2, 0.25) is 0 Å². The fourth-order valence-corrected chi connectivity index (χ4v) is 2.62. The normalized spacial score (nSPS) is 31.8. The summed E-state index contributed by atoms with van der Waals surface area (Å²) in [5, 5.41) is 0.528. The molecule has 0 nitrogen and oxygen atoms in total. The van der Waals surface area contributed by atoms with Crippen molar-refractivity contribution in [1.82, 2.24) is 0 Å². The monoisotopic (exact) mass is 196 g/mol. The fourth-order valence-electron chi connectivity index (χ4n) is 2.25. The minimum Gasteiger partial charge on any atom is -0.176 e. The Morgan fingerprint density at radius 3 is 2.69 bits per heavy atom. The van der Waals surface area contributed by atoms with E-state index in [-0.39, 0.29) is 0 Å². The molecule has 0 spiro atoms. The fraction of sp³-hybridized carbons (Fsp3) is 0.667. The van der Waals surface area contributed by atoms with E-state index in [1.165, 1.54) is 25.7 Å². The van der Waals surface area contributed by atoms with Crippen molar-refractivity contribution in [1.29, 1.82) is 0 Å². The molecule has 1 rings (SSSR count). The second-order valence-corrected chi connectivity index (χ2v) is 4.79. The first-order valence-electron chi connectivity index (χ1n) is 5.23. The molecule has 1 heteroatoms. The lowest BCUT2D eigenvalue weighted by molar-refractivity contribution is 0.284. The zero-order valence-corrected chi connectivity index (χ0v) is 9.34. The molecule has 0 aromatic rings. The summed E-state index contributed by atoms with van der Waals surface area (Å²) in [6.45, 7) is 5.93. The van der Waals surface area contributed by atoms with Gasteiger partial charge in [0, 0.05) is 5.25 Å². The van der Waals surface area contributed by atoms with Crippen LogP contribution >= 0.6 is 12.6 Å². The van der Waals surface area contributed by atoms with Gasteiger partial charge in [0.05, 0.1) is 0 Å². The van der Waals surface area contributed by atoms with Gasteiger partial charge in [-0.3, -0.25) is 0 Å². The summed E-state index contributed by atoms with van der Waals surface area (Å²) in [7, 11) is 0. The Labute approximate surface area is 87.5 Å². The number of thiol groups is 1. The van der Waals surface area contributed by atoms with E-state index in [2.05, 4.69) is 38.3 Å². The zero-order valence-electron chi connectivity index (χ0n) is 8.45. The highest BCUT2D eigenvalue weighted by molar-refractivity contribution is 7.80. The minimum absolute atomic E-state index is 0.528. The standard InChI is InChI=1S/C12H20S/c1-3-4-7-11-8-5-6-9-12(11)10(2)13/h3-4,7,10-13H,1,5-6,8-9H2,2H3/b7-4-. The second kappa shape index (κ2) is 5.54. The van der Waals surface area contributed by atoms with E-state index >= 15 is 0 Å². The summed E-state index contributed by atoms with van der Waals surface area (Å²) in [6.07, 6.45) is 11.7. The average molecular weight is 196 g/mol. The maximum Gasteiger partial charge on any atom is 0.00223 e. The first-order valence-corrected chi connectivity index (χ1v) is 5.74. The Morgan fingerprint density at radius 1 is 1.38 bits per heavy atom. The first kappa shape index (κ1) is 10.9. The van der Waals surface area contributed by atoms with Crippen molar-refractivity contribution >= 4 is 12.6 Å². The van der Waals surface area contributed by atoms with Gasteiger partial charge < -0.3 is 0 Å². The lowest BCUT2D eigenvalue weighted by atomic mass is 9.77. The van der Waals surface area contributed by atoms with Gasteiger partial charge >= 0.3 is 0 Å². The van der Waals surface area contributed by atoms with E-state index in [1.54, 1.807) is 0 Å². The molecule has 1 saturated carbocycles. The largest absolute Gasteiger partial charge is 0.176 e. The van der Waals surface area contributed by atoms with Crippen LogP contribution in [-0.2, 0) is 0 Å². The van der Waals surface area contributed by atoms with Gasteiger partial charge in [-0.25, -0.2) is 0 Å². The SMILES string of the molecule is C=C/C=C\C1CCCCC1C(C)S. The van der Waals surface area contributed by atoms with Gasteiger partial charge in [0.2, 0.25) is 0 Å². The van der Waals surface area contributed by atoms with E-state index in [0.717, 1.165) is 11.8 Å². The summed E-state index contributed by atoms with van der Waals surface area (Å²) in [5.41, 5.74) is 0. The van der Waals surface area contributed by atoms with Crippen LogP contribution in [0, 0.1) is 11.8 Å². The molecular formula is C12H20S. The van der Waals surface area contributed by atoms with Crippen molar-refractivity contribution in [3.63, 3.8) is 0 Å². The molecule has 0 heterocycles. The quantitative estimate of drug-likeness (QED) is 0.514. The Hall–Kier alpha value is -0.170. The van der Waals surface area contributed by atoms with E-state index in [1.807, 2.05) is 6.08 Å². The lowest BCUT2D eigenvalue weighted by Gasteiger charge is -2.31. The summed E-state index contributed by atoms with van der Waals surface area (Å²) in [4.78, 5) is 0. The molecule has 0 saturated heterocycles. The van der Waals surface area contributed by atoms with E-state index < -0.39 is 0 Å². The number of rotatable bonds is 3. The minimum atomic E-state index is 0.528. The number of hydrogen-bond donors (Lipinski definition) is 1. The lowest BCUT2D eigenvalue weighted by Crippen LogP contribution is -2.24. The molecule has 3 unspecified atom stereocenters. The topological polar surface area (TPSA) is 0 Å². The van der Waals surface area contributed by atoms with Crippen LogP contribution in [-0.4, -0.2) is 5.25 Å². The van der Waals surface area contributed by atoms with Gasteiger partial charge in [-0.15, -0.1) is 0 Å². The van der Waals surface area contributed by atoms with E-state index in [9.17, 15) is 0 Å². The summed E-state index contributed by atoms with van der Waals surface area (Å²) in [5.74, 6) is 1.51. The van der Waals surface area contributed by atoms with E-state index in [4.69, 9.17) is 0 Å². The van der Waals surface area contributed by atoms with Crippen molar-refractivity contribution in [3.05, 3.63) is 24.8 Å². The molecule has 13 heavy (non-hydrogen) atoms. The van der Waals surface area contributed by atoms with Crippen molar-refractivity contribution in [2.75, 3.05) is 0 Å². The molecule has 0 N–H and O–H groups in total. The summed E-state index contributed by atoms with van der Waals surface area (Å²) < 4.78 is 0. The molecule has 1 fully saturated rings. The highest BCUT2D eigenvalue weighted by Crippen LogP contribution is 2.35. The Bertz CT molecular complexity index is 182. The molecule has 0 aliphatic heterocycles. The van der Waals surface area contributed by atoms with Crippen molar-refractivity contribution < 1.29 is 0 Å². The van der Waals surface area contributed by atoms with Crippen LogP contribution in [0.5, 0.6) is 0 Å². The first-order chi connectivity index (χ1) is 6.25. The van der Waals surface area contributed by atoms with Crippen LogP contribution in [0.3, 0.4) is 0 Å². The van der Waals surface area contributed by atoms with Gasteiger partial charge in [0.25, 0.3) is 0 Å². The highest BCUT2D eigenvalue weighted by atomic mass is 32.1. The maximum atomic E-state index is 4.56. The molecule has 0 aromatic carbocycles. The van der Waals surface area contributed by atoms with Crippen LogP contribution in [0.4, 0.5) is 0 Å². The molecular weight excluding hydrogens is 176 g/mol. The van der Waals surface area contributed by atoms with Gasteiger partial charge in [0.1, 0.15) is 0 Å². The van der Waals surface area contributed by atoms with Crippen LogP contribution in [0.1, 0.15) is 32.6 Å². The third-order valence-corrected chi connectivity index (χ3v) is 3.37. The summed E-state index contributed by atoms with van der Waals surface area (Å²) >= 11 is 4.56. The zero-order chi connectivity index (χ0) is 9.68. The predicted octanol–water partition coefficient (Wildman–Crippen LogP) is 3.85. The molecule has 0 bridgehead atoms. The van der Waals surface area contributed by atoms with Crippen LogP contribution in [0.25, 0.3) is 0 Å². The van der Waals surface area contributed by atoms with E-state index in [0.29, 0.717) is 5.25 Å². The molecule has 0 amide bonds. The van der Waals surface area contributed by atoms with Gasteiger partial charge in [-0.05, 0) is 24.7 Å². The van der Waals surface area contributed by atoms with Crippen LogP contribution in [0.15, 0.2) is 24.8 Å². The van der Waals surface area contributed by atoms with Gasteiger partial charge in [-0.2, -0.15) is 12.6 Å². The Kier molecular flexibility index (Phi) is 4.65. The molecule has 3 atom stereocenters. The van der Waals surface area contributed by atoms with Crippen molar-refractivity contribution in [2.24, 2.45) is 11.8 Å². The van der Waals surface area contributed by atoms with Crippen molar-refractivity contribution in [2.45, 2.75) is 37.9 Å². The maximum absolute atomic E-state index is 4.56. The Balaban J connectivity index is 2.56. The predicted molar refractivity (Wildman–Crippen MR) is 63.2 cm³/mol. The molecule has 1 aliphatic rings. The third kappa shape index (κ3) is 3.22. The Morgan fingerprint density at radius 2 is 2.08 bits per heavy atom. The third-order valence-electron chi connectivity index (χ3n) is 2.99. The van der Waals surface area contributed by atoms with Crippen LogP contribution < -0.4 is 0 Å². The second-order valence-electron chi connectivity index (χ2n) is 3.97. The van der Waals surface area contributed by atoms with Gasteiger partial charge in [-0.1, -0.05) is 44.6 Å². The van der Waals surface area contributed by atoms with Gasteiger partial charge in [0.15, 0.2) is 0 Å². The highest BCUT2D eigenvalue weighted by Gasteiger charge is 2.25. The molecule has 74 valence electrons. The molecule has 1 aliphatic carbocycles. The summed E-state index contributed by atoms with van der Waals surface area (Å²) in [6, 6.07) is 0. The smallest absolute Gasteiger partial charge is 0.00223 e. The number of allylic oxidation sites excluding steroid dienone is 3. The average Bonchev–Trinajstić information content (AvgIpc) is 2.15. The number of hydrogen-bond acceptors (Lipinski definition) is 1. The molecule has 0 radical (unpaired) electrons. The molecule has 0 aromatic heterocycles.